The van der Waals surface area contributed by atoms with Crippen molar-refractivity contribution < 1.29 is 18.7 Å². The van der Waals surface area contributed by atoms with Crippen molar-refractivity contribution in [3.8, 4) is 0 Å². The number of nitrogens with one attached hydrogen (secondary N) is 2. The molecule has 9 heteroatoms. The SMILES string of the molecule is COCCN(CC(=O)N(CCc1c[nH]c2ccccc12)Cc1ccc(F)cc1)C(=O)Nc1ccc(Br)cc1. The molecule has 1 heterocycles. The van der Waals surface area contributed by atoms with Gasteiger partial charge in [0.15, 0.2) is 0 Å². The number of para-hydroxylation sites is 1. The van der Waals surface area contributed by atoms with E-state index < -0.39 is 6.03 Å². The van der Waals surface area contributed by atoms with Gasteiger partial charge in [0.1, 0.15) is 12.4 Å². The van der Waals surface area contributed by atoms with Gasteiger partial charge >= 0.3 is 6.03 Å². The molecule has 0 radical (unpaired) electrons. The van der Waals surface area contributed by atoms with Crippen molar-refractivity contribution in [2.24, 2.45) is 0 Å². The van der Waals surface area contributed by atoms with Crippen LogP contribution in [0.2, 0.25) is 0 Å². The van der Waals surface area contributed by atoms with Crippen LogP contribution in [0.4, 0.5) is 14.9 Å². The van der Waals surface area contributed by atoms with Gasteiger partial charge in [-0.25, -0.2) is 9.18 Å². The zero-order valence-electron chi connectivity index (χ0n) is 21.1. The molecule has 0 saturated heterocycles. The second-order valence-electron chi connectivity index (χ2n) is 8.90. The van der Waals surface area contributed by atoms with E-state index in [9.17, 15) is 14.0 Å². The summed E-state index contributed by atoms with van der Waals surface area (Å²) in [5.41, 5.74) is 3.56. The number of hydrogen-bond acceptors (Lipinski definition) is 3. The van der Waals surface area contributed by atoms with E-state index in [1.807, 2.05) is 42.6 Å². The Hall–Kier alpha value is -3.69. The van der Waals surface area contributed by atoms with Gasteiger partial charge in [-0.05, 0) is 60.0 Å². The first-order valence-electron chi connectivity index (χ1n) is 12.3. The normalized spacial score (nSPS) is 10.9. The first-order valence-corrected chi connectivity index (χ1v) is 13.1. The molecule has 0 fully saturated rings. The Labute approximate surface area is 229 Å². The number of aromatic amines is 1. The predicted molar refractivity (Wildman–Crippen MR) is 150 cm³/mol. The van der Waals surface area contributed by atoms with Crippen molar-refractivity contribution in [3.63, 3.8) is 0 Å². The predicted octanol–water partition coefficient (Wildman–Crippen LogP) is 5.82. The van der Waals surface area contributed by atoms with Gasteiger partial charge in [0.25, 0.3) is 0 Å². The highest BCUT2D eigenvalue weighted by molar-refractivity contribution is 9.10. The van der Waals surface area contributed by atoms with Gasteiger partial charge in [-0.3, -0.25) is 4.79 Å². The molecule has 0 atom stereocenters. The van der Waals surface area contributed by atoms with Crippen molar-refractivity contribution in [2.45, 2.75) is 13.0 Å². The van der Waals surface area contributed by atoms with Crippen LogP contribution in [-0.2, 0) is 22.5 Å². The van der Waals surface area contributed by atoms with Crippen LogP contribution in [0, 0.1) is 5.82 Å². The van der Waals surface area contributed by atoms with E-state index in [0.29, 0.717) is 25.2 Å². The van der Waals surface area contributed by atoms with E-state index in [1.54, 1.807) is 36.3 Å². The molecule has 2 N–H and O–H groups in total. The highest BCUT2D eigenvalue weighted by atomic mass is 79.9. The van der Waals surface area contributed by atoms with E-state index in [1.165, 1.54) is 17.0 Å². The molecule has 0 saturated carbocycles. The maximum atomic E-state index is 13.6. The van der Waals surface area contributed by atoms with E-state index in [2.05, 4.69) is 26.2 Å². The number of anilines is 1. The van der Waals surface area contributed by atoms with Crippen LogP contribution in [-0.4, -0.2) is 60.1 Å². The lowest BCUT2D eigenvalue weighted by Crippen LogP contribution is -2.46. The van der Waals surface area contributed by atoms with Crippen LogP contribution in [0.5, 0.6) is 0 Å². The van der Waals surface area contributed by atoms with Crippen LogP contribution in [0.3, 0.4) is 0 Å². The number of carbonyl (C=O) groups excluding carboxylic acids is 2. The fourth-order valence-corrected chi connectivity index (χ4v) is 4.41. The van der Waals surface area contributed by atoms with E-state index in [-0.39, 0.29) is 31.4 Å². The molecule has 7 nitrogen and oxygen atoms in total. The lowest BCUT2D eigenvalue weighted by molar-refractivity contribution is -0.132. The van der Waals surface area contributed by atoms with Crippen molar-refractivity contribution in [1.29, 1.82) is 0 Å². The summed E-state index contributed by atoms with van der Waals surface area (Å²) in [6.07, 6.45) is 2.59. The number of aromatic nitrogens is 1. The summed E-state index contributed by atoms with van der Waals surface area (Å²) in [6, 6.07) is 20.9. The molecular formula is C29H30BrFN4O3. The molecule has 198 valence electrons. The summed E-state index contributed by atoms with van der Waals surface area (Å²) in [5, 5.41) is 3.96. The zero-order chi connectivity index (χ0) is 26.9. The highest BCUT2D eigenvalue weighted by Gasteiger charge is 2.22. The molecule has 0 spiro atoms. The Kier molecular flexibility index (Phi) is 9.51. The van der Waals surface area contributed by atoms with Gasteiger partial charge in [0.2, 0.25) is 5.91 Å². The lowest BCUT2D eigenvalue weighted by atomic mass is 10.1. The van der Waals surface area contributed by atoms with Gasteiger partial charge in [-0.2, -0.15) is 0 Å². The smallest absolute Gasteiger partial charge is 0.322 e. The Bertz CT molecular complexity index is 1360. The van der Waals surface area contributed by atoms with Gasteiger partial charge < -0.3 is 24.8 Å². The van der Waals surface area contributed by atoms with Crippen LogP contribution >= 0.6 is 15.9 Å². The summed E-state index contributed by atoms with van der Waals surface area (Å²) in [6.45, 7) is 1.14. The van der Waals surface area contributed by atoms with Crippen molar-refractivity contribution in [1.82, 2.24) is 14.8 Å². The molecule has 0 aliphatic carbocycles. The van der Waals surface area contributed by atoms with Gasteiger partial charge in [0.05, 0.1) is 6.61 Å². The number of hydrogen-bond donors (Lipinski definition) is 2. The topological polar surface area (TPSA) is 77.7 Å². The average molecular weight is 581 g/mol. The molecule has 0 bridgehead atoms. The minimum Gasteiger partial charge on any atom is -0.383 e. The number of methoxy groups -OCH3 is 1. The largest absolute Gasteiger partial charge is 0.383 e. The summed E-state index contributed by atoms with van der Waals surface area (Å²) < 4.78 is 19.6. The second-order valence-corrected chi connectivity index (χ2v) is 9.82. The maximum Gasteiger partial charge on any atom is 0.322 e. The van der Waals surface area contributed by atoms with Gasteiger partial charge in [-0.15, -0.1) is 0 Å². The second kappa shape index (κ2) is 13.2. The Morgan fingerprint density at radius 2 is 1.71 bits per heavy atom. The minimum atomic E-state index is -0.393. The van der Waals surface area contributed by atoms with Crippen LogP contribution < -0.4 is 5.32 Å². The number of H-pyrrole nitrogens is 1. The molecule has 0 unspecified atom stereocenters. The Morgan fingerprint density at radius 3 is 2.45 bits per heavy atom. The lowest BCUT2D eigenvalue weighted by Gasteiger charge is -2.28. The molecule has 3 amide bonds. The molecule has 0 aliphatic rings. The fourth-order valence-electron chi connectivity index (χ4n) is 4.15. The number of halogens is 2. The van der Waals surface area contributed by atoms with Crippen molar-refractivity contribution in [3.05, 3.63) is 100 Å². The number of benzene rings is 3. The number of rotatable bonds is 11. The van der Waals surface area contributed by atoms with E-state index in [0.717, 1.165) is 26.5 Å². The monoisotopic (exact) mass is 580 g/mol. The molecule has 1 aromatic heterocycles. The number of ether oxygens (including phenoxy) is 1. The van der Waals surface area contributed by atoms with Crippen LogP contribution in [0.25, 0.3) is 10.9 Å². The van der Waals surface area contributed by atoms with Crippen molar-refractivity contribution >= 4 is 44.5 Å². The fraction of sp³-hybridized carbons (Fsp3) is 0.241. The maximum absolute atomic E-state index is 13.6. The summed E-state index contributed by atoms with van der Waals surface area (Å²) >= 11 is 3.38. The molecule has 4 aromatic rings. The minimum absolute atomic E-state index is 0.124. The number of nitrogens with zero attached hydrogens (tertiary/aromatic N) is 2. The summed E-state index contributed by atoms with van der Waals surface area (Å²) in [7, 11) is 1.55. The van der Waals surface area contributed by atoms with E-state index in [4.69, 9.17) is 4.74 Å². The molecule has 3 aromatic carbocycles. The molecular weight excluding hydrogens is 551 g/mol. The number of urea groups is 1. The van der Waals surface area contributed by atoms with Crippen LogP contribution in [0.15, 0.2) is 83.5 Å². The first kappa shape index (κ1) is 27.3. The van der Waals surface area contributed by atoms with Crippen LogP contribution in [0.1, 0.15) is 11.1 Å². The standard InChI is InChI=1S/C29H30BrFN4O3/c1-38-17-16-35(29(37)33-25-12-8-23(30)9-13-25)20-28(36)34(19-21-6-10-24(31)11-7-21)15-14-22-18-32-27-5-3-2-4-26(22)27/h2-13,18,32H,14-17,19-20H2,1H3,(H,33,37). The van der Waals surface area contributed by atoms with Crippen molar-refractivity contribution in [2.75, 3.05) is 38.7 Å². The Morgan fingerprint density at radius 1 is 0.974 bits per heavy atom. The van der Waals surface area contributed by atoms with Gasteiger partial charge in [-0.1, -0.05) is 46.3 Å². The summed E-state index contributed by atoms with van der Waals surface area (Å²) in [4.78, 5) is 33.1. The molecule has 0 aliphatic heterocycles. The average Bonchev–Trinajstić information content (AvgIpc) is 3.34. The van der Waals surface area contributed by atoms with Gasteiger partial charge in [0, 0.05) is 54.0 Å². The molecule has 38 heavy (non-hydrogen) atoms. The third-order valence-electron chi connectivity index (χ3n) is 6.24. The third-order valence-corrected chi connectivity index (χ3v) is 6.77. The number of fused-ring (bicyclic) bond motifs is 1. The summed E-state index contributed by atoms with van der Waals surface area (Å²) in [5.74, 6) is -0.544. The Balaban J connectivity index is 1.50. The number of amides is 3. The highest BCUT2D eigenvalue weighted by Crippen LogP contribution is 2.19. The number of carbonyl (C=O) groups is 2. The quantitative estimate of drug-likeness (QED) is 0.234. The first-order chi connectivity index (χ1) is 18.4. The van der Waals surface area contributed by atoms with E-state index >= 15 is 0 Å². The third kappa shape index (κ3) is 7.43. The zero-order valence-corrected chi connectivity index (χ0v) is 22.7. The molecule has 4 rings (SSSR count).